The van der Waals surface area contributed by atoms with Gasteiger partial charge in [0.25, 0.3) is 5.91 Å². The summed E-state index contributed by atoms with van der Waals surface area (Å²) in [7, 11) is 1.92. The van der Waals surface area contributed by atoms with Crippen LogP contribution in [0.15, 0.2) is 78.2 Å². The average Bonchev–Trinajstić information content (AvgIpc) is 3.95. The van der Waals surface area contributed by atoms with Gasteiger partial charge in [-0.25, -0.2) is 9.88 Å². The minimum Gasteiger partial charge on any atom is -0.343 e. The maximum absolute atomic E-state index is 14.4. The number of aryl methyl sites for hydroxylation is 1. The van der Waals surface area contributed by atoms with E-state index in [1.165, 1.54) is 11.1 Å². The van der Waals surface area contributed by atoms with Crippen LogP contribution >= 0.6 is 23.2 Å². The van der Waals surface area contributed by atoms with Crippen LogP contribution in [0.3, 0.4) is 0 Å². The van der Waals surface area contributed by atoms with Crippen molar-refractivity contribution in [1.29, 1.82) is 5.26 Å². The van der Waals surface area contributed by atoms with Crippen molar-refractivity contribution in [3.63, 3.8) is 0 Å². The van der Waals surface area contributed by atoms with E-state index < -0.39 is 34.9 Å². The molecule has 4 aliphatic rings. The predicted molar refractivity (Wildman–Crippen MR) is 191 cm³/mol. The third-order valence-corrected chi connectivity index (χ3v) is 10.8. The number of hydrogen-bond acceptors (Lipinski definition) is 8. The molecular formula is C37H33Cl2N9O3. The number of hydrogen-bond donors (Lipinski definition) is 2. The number of aliphatic imine (C=N–C) groups is 1. The fourth-order valence-corrected chi connectivity index (χ4v) is 7.78. The number of imidazole rings is 1. The molecule has 14 heteroatoms. The lowest BCUT2D eigenvalue weighted by atomic mass is 9.89. The standard InChI is InChI=1S/C37H33Cl2N9O3/c1-35(18-22-3-5-23(19-40)6-4-22)33(51)47(27-16-25(38)15-26(39)17-27)34-43-21-28(48(34)35)31(49)44-37(11-12-37)32(50)45-36(9-10-36)29-8-7-24(20-42-29)30-41-13-14-46(30)2/h3-8,13-17,20-21,28,34H,9-12,18H2,1-2H3,(H,44,49)(H,45,50). The van der Waals surface area contributed by atoms with Crippen LogP contribution in [0.25, 0.3) is 11.4 Å². The van der Waals surface area contributed by atoms with E-state index in [4.69, 9.17) is 23.2 Å². The van der Waals surface area contributed by atoms with Gasteiger partial charge in [0.1, 0.15) is 22.9 Å². The number of nitrogens with one attached hydrogen (secondary N) is 2. The molecule has 0 spiro atoms. The fraction of sp³-hybridized carbons (Fsp3) is 0.324. The van der Waals surface area contributed by atoms with Crippen molar-refractivity contribution in [2.45, 2.75) is 68.0 Å². The van der Waals surface area contributed by atoms with Gasteiger partial charge in [0.05, 0.1) is 28.6 Å². The number of anilines is 1. The number of halogens is 2. The molecule has 2 aromatic carbocycles. The molecule has 0 bridgehead atoms. The van der Waals surface area contributed by atoms with Gasteiger partial charge in [0.2, 0.25) is 11.8 Å². The minimum atomic E-state index is -1.24. The zero-order valence-electron chi connectivity index (χ0n) is 27.8. The number of nitrogens with zero attached hydrogens (tertiary/aromatic N) is 7. The van der Waals surface area contributed by atoms with Gasteiger partial charge in [0.15, 0.2) is 6.29 Å². The molecule has 2 aliphatic heterocycles. The first-order valence-corrected chi connectivity index (χ1v) is 17.4. The van der Waals surface area contributed by atoms with Gasteiger partial charge in [0, 0.05) is 47.5 Å². The van der Waals surface area contributed by atoms with E-state index in [1.807, 2.05) is 29.9 Å². The summed E-state index contributed by atoms with van der Waals surface area (Å²) in [4.78, 5) is 59.6. The first kappa shape index (κ1) is 33.1. The topological polar surface area (TPSA) is 149 Å². The Labute approximate surface area is 304 Å². The molecule has 3 atom stereocenters. The van der Waals surface area contributed by atoms with E-state index in [-0.39, 0.29) is 18.2 Å². The second-order valence-corrected chi connectivity index (χ2v) is 14.8. The quantitative estimate of drug-likeness (QED) is 0.259. The van der Waals surface area contributed by atoms with Gasteiger partial charge >= 0.3 is 0 Å². The van der Waals surface area contributed by atoms with E-state index in [0.29, 0.717) is 34.1 Å². The largest absolute Gasteiger partial charge is 0.343 e. The molecule has 2 aromatic heterocycles. The Morgan fingerprint density at radius 3 is 2.31 bits per heavy atom. The van der Waals surface area contributed by atoms with Crippen molar-refractivity contribution >= 4 is 52.8 Å². The Morgan fingerprint density at radius 1 is 1.00 bits per heavy atom. The van der Waals surface area contributed by atoms with Crippen molar-refractivity contribution in [3.8, 4) is 17.5 Å². The van der Waals surface area contributed by atoms with Gasteiger partial charge in [-0.3, -0.25) is 29.3 Å². The van der Waals surface area contributed by atoms with Crippen molar-refractivity contribution in [1.82, 2.24) is 30.1 Å². The Balaban J connectivity index is 1.03. The van der Waals surface area contributed by atoms with Crippen LogP contribution in [0.2, 0.25) is 10.0 Å². The molecule has 4 heterocycles. The Bertz CT molecular complexity index is 2130. The summed E-state index contributed by atoms with van der Waals surface area (Å²) in [5, 5.41) is 16.2. The van der Waals surface area contributed by atoms with Crippen molar-refractivity contribution < 1.29 is 14.4 Å². The minimum absolute atomic E-state index is 0.228. The van der Waals surface area contributed by atoms with Crippen molar-refractivity contribution in [2.75, 3.05) is 4.90 Å². The number of pyridine rings is 1. The molecule has 2 N–H and O–H groups in total. The van der Waals surface area contributed by atoms with Crippen LogP contribution in [0.4, 0.5) is 5.69 Å². The summed E-state index contributed by atoms with van der Waals surface area (Å²) in [6.45, 7) is 1.78. The molecule has 2 saturated carbocycles. The van der Waals surface area contributed by atoms with Crippen LogP contribution in [0.1, 0.15) is 49.4 Å². The molecule has 51 heavy (non-hydrogen) atoms. The number of aromatic nitrogens is 3. The number of rotatable bonds is 9. The maximum Gasteiger partial charge on any atom is 0.250 e. The summed E-state index contributed by atoms with van der Waals surface area (Å²) < 4.78 is 1.92. The van der Waals surface area contributed by atoms with Gasteiger partial charge in [-0.15, -0.1) is 0 Å². The van der Waals surface area contributed by atoms with Gasteiger partial charge in [-0.1, -0.05) is 35.3 Å². The lowest BCUT2D eigenvalue weighted by molar-refractivity contribution is -0.134. The zero-order chi connectivity index (χ0) is 35.7. The summed E-state index contributed by atoms with van der Waals surface area (Å²) in [5.41, 5.74) is 0.455. The number of carbonyl (C=O) groups is 3. The zero-order valence-corrected chi connectivity index (χ0v) is 29.3. The number of carbonyl (C=O) groups excluding carboxylic acids is 3. The molecule has 258 valence electrons. The molecule has 8 rings (SSSR count). The van der Waals surface area contributed by atoms with Gasteiger partial charge in [-0.05, 0) is 87.1 Å². The molecular weight excluding hydrogens is 689 g/mol. The number of fused-ring (bicyclic) bond motifs is 1. The fourth-order valence-electron chi connectivity index (χ4n) is 7.26. The van der Waals surface area contributed by atoms with Crippen molar-refractivity contribution in [3.05, 3.63) is 100 Å². The summed E-state index contributed by atoms with van der Waals surface area (Å²) in [5.74, 6) is -0.183. The lowest BCUT2D eigenvalue weighted by Gasteiger charge is -2.35. The Morgan fingerprint density at radius 2 is 1.73 bits per heavy atom. The molecule has 3 fully saturated rings. The van der Waals surface area contributed by atoms with E-state index in [1.54, 1.807) is 66.7 Å². The smallest absolute Gasteiger partial charge is 0.250 e. The number of nitriles is 1. The van der Waals surface area contributed by atoms with Gasteiger partial charge in [-0.2, -0.15) is 5.26 Å². The van der Waals surface area contributed by atoms with E-state index >= 15 is 0 Å². The molecule has 2 aliphatic carbocycles. The third-order valence-electron chi connectivity index (χ3n) is 10.4. The molecule has 3 unspecified atom stereocenters. The van der Waals surface area contributed by atoms with Crippen LogP contribution in [-0.2, 0) is 33.4 Å². The third kappa shape index (κ3) is 5.66. The molecule has 3 amide bonds. The monoisotopic (exact) mass is 721 g/mol. The van der Waals surface area contributed by atoms with E-state index in [2.05, 4.69) is 31.7 Å². The highest BCUT2D eigenvalue weighted by atomic mass is 35.5. The summed E-state index contributed by atoms with van der Waals surface area (Å²) in [6, 6.07) is 16.9. The van der Waals surface area contributed by atoms with E-state index in [0.717, 1.165) is 35.5 Å². The molecule has 0 radical (unpaired) electrons. The van der Waals surface area contributed by atoms with Crippen LogP contribution in [0.5, 0.6) is 0 Å². The second kappa shape index (κ2) is 12.0. The average molecular weight is 723 g/mol. The Hall–Kier alpha value is -5.09. The molecule has 12 nitrogen and oxygen atoms in total. The number of amides is 3. The second-order valence-electron chi connectivity index (χ2n) is 14.0. The molecule has 1 saturated heterocycles. The van der Waals surface area contributed by atoms with E-state index in [9.17, 15) is 19.6 Å². The summed E-state index contributed by atoms with van der Waals surface area (Å²) >= 11 is 12.7. The van der Waals surface area contributed by atoms with Crippen molar-refractivity contribution in [2.24, 2.45) is 12.0 Å². The highest BCUT2D eigenvalue weighted by molar-refractivity contribution is 6.35. The predicted octanol–water partition coefficient (Wildman–Crippen LogP) is 4.50. The normalized spacial score (nSPS) is 23.8. The van der Waals surface area contributed by atoms with Crippen LogP contribution in [-0.4, -0.2) is 66.8 Å². The Kier molecular flexibility index (Phi) is 7.79. The first-order chi connectivity index (χ1) is 24.4. The highest BCUT2D eigenvalue weighted by Gasteiger charge is 2.62. The lowest BCUT2D eigenvalue weighted by Crippen LogP contribution is -2.60. The first-order valence-electron chi connectivity index (χ1n) is 16.6. The highest BCUT2D eigenvalue weighted by Crippen LogP contribution is 2.47. The SMILES string of the molecule is Cn1ccnc1-c1ccc(C2(NC(=O)C3(NC(=O)C4C=NC5N(c6cc(Cl)cc(Cl)c6)C(=O)C(C)(Cc6ccc(C#N)cc6)N45)CC3)CC2)nc1. The molecule has 4 aromatic rings. The van der Waals surface area contributed by atoms with Crippen LogP contribution < -0.4 is 15.5 Å². The van der Waals surface area contributed by atoms with Crippen LogP contribution in [0, 0.1) is 11.3 Å². The number of benzene rings is 2. The summed E-state index contributed by atoms with van der Waals surface area (Å²) in [6.07, 6.45) is 8.71. The van der Waals surface area contributed by atoms with Gasteiger partial charge < -0.3 is 15.2 Å². The maximum atomic E-state index is 14.4.